The van der Waals surface area contributed by atoms with E-state index in [-0.39, 0.29) is 6.04 Å². The molecule has 5 heteroatoms. The molecule has 3 N–H and O–H groups in total. The lowest BCUT2D eigenvalue weighted by Gasteiger charge is -2.16. The van der Waals surface area contributed by atoms with Crippen molar-refractivity contribution in [3.05, 3.63) is 47.3 Å². The normalized spacial score (nSPS) is 12.4. The van der Waals surface area contributed by atoms with Gasteiger partial charge in [-0.2, -0.15) is 5.10 Å². The fraction of sp³-hybridized carbons (Fsp3) is 0.400. The van der Waals surface area contributed by atoms with Crippen molar-refractivity contribution in [1.29, 1.82) is 0 Å². The zero-order valence-corrected chi connectivity index (χ0v) is 12.3. The first-order chi connectivity index (χ1) is 9.67. The Kier molecular flexibility index (Phi) is 4.76. The number of aromatic nitrogens is 2. The van der Waals surface area contributed by atoms with Crippen LogP contribution in [0, 0.1) is 6.92 Å². The van der Waals surface area contributed by atoms with E-state index in [4.69, 9.17) is 10.6 Å². The van der Waals surface area contributed by atoms with Crippen LogP contribution in [0.3, 0.4) is 0 Å². The predicted octanol–water partition coefficient (Wildman–Crippen LogP) is 2.07. The molecule has 0 saturated carbocycles. The van der Waals surface area contributed by atoms with Crippen molar-refractivity contribution in [2.45, 2.75) is 26.3 Å². The van der Waals surface area contributed by atoms with Crippen LogP contribution in [0.15, 0.2) is 30.5 Å². The number of aryl methyl sites for hydroxylation is 1. The molecule has 108 valence electrons. The molecule has 1 heterocycles. The van der Waals surface area contributed by atoms with E-state index in [1.54, 1.807) is 0 Å². The van der Waals surface area contributed by atoms with Crippen LogP contribution in [-0.2, 0) is 7.05 Å². The molecule has 20 heavy (non-hydrogen) atoms. The van der Waals surface area contributed by atoms with Crippen molar-refractivity contribution in [2.75, 3.05) is 6.61 Å². The average molecular weight is 274 g/mol. The van der Waals surface area contributed by atoms with Gasteiger partial charge in [0, 0.05) is 18.3 Å². The van der Waals surface area contributed by atoms with Gasteiger partial charge in [0.25, 0.3) is 0 Å². The van der Waals surface area contributed by atoms with Crippen LogP contribution in [0.4, 0.5) is 0 Å². The fourth-order valence-electron chi connectivity index (χ4n) is 2.14. The summed E-state index contributed by atoms with van der Waals surface area (Å²) in [6, 6.07) is 7.94. The van der Waals surface area contributed by atoms with Crippen molar-refractivity contribution in [3.8, 4) is 5.75 Å². The van der Waals surface area contributed by atoms with Gasteiger partial charge < -0.3 is 4.74 Å². The Morgan fingerprint density at radius 1 is 1.35 bits per heavy atom. The topological polar surface area (TPSA) is 65.1 Å². The highest BCUT2D eigenvalue weighted by atomic mass is 16.5. The number of rotatable bonds is 6. The van der Waals surface area contributed by atoms with Crippen LogP contribution in [-0.4, -0.2) is 16.4 Å². The Labute approximate surface area is 119 Å². The number of nitrogens with zero attached hydrogens (tertiary/aromatic N) is 2. The van der Waals surface area contributed by atoms with Gasteiger partial charge in [-0.25, -0.2) is 5.43 Å². The summed E-state index contributed by atoms with van der Waals surface area (Å²) in [5.41, 5.74) is 6.12. The van der Waals surface area contributed by atoms with Crippen molar-refractivity contribution in [1.82, 2.24) is 15.2 Å². The van der Waals surface area contributed by atoms with E-state index in [9.17, 15) is 0 Å². The third-order valence-electron chi connectivity index (χ3n) is 3.44. The maximum Gasteiger partial charge on any atom is 0.119 e. The molecule has 5 nitrogen and oxygen atoms in total. The van der Waals surface area contributed by atoms with E-state index in [1.165, 1.54) is 0 Å². The summed E-state index contributed by atoms with van der Waals surface area (Å²) in [6.45, 7) is 4.86. The molecule has 1 aromatic carbocycles. The van der Waals surface area contributed by atoms with Crippen LogP contribution >= 0.6 is 0 Å². The molecule has 0 amide bonds. The lowest BCUT2D eigenvalue weighted by Crippen LogP contribution is -2.29. The van der Waals surface area contributed by atoms with Gasteiger partial charge in [0.05, 0.1) is 18.8 Å². The molecular weight excluding hydrogens is 252 g/mol. The van der Waals surface area contributed by atoms with Gasteiger partial charge in [0.15, 0.2) is 0 Å². The lowest BCUT2D eigenvalue weighted by molar-refractivity contribution is 0.317. The average Bonchev–Trinajstić information content (AvgIpc) is 2.80. The number of hydrogen-bond donors (Lipinski definition) is 2. The van der Waals surface area contributed by atoms with E-state index in [0.29, 0.717) is 0 Å². The predicted molar refractivity (Wildman–Crippen MR) is 79.3 cm³/mol. The Morgan fingerprint density at radius 3 is 2.55 bits per heavy atom. The van der Waals surface area contributed by atoms with Gasteiger partial charge in [-0.1, -0.05) is 19.1 Å². The smallest absolute Gasteiger partial charge is 0.119 e. The Hall–Kier alpha value is -1.85. The molecule has 2 aromatic rings. The molecule has 1 aromatic heterocycles. The molecule has 0 aliphatic heterocycles. The highest BCUT2D eigenvalue weighted by molar-refractivity contribution is 5.36. The number of benzene rings is 1. The van der Waals surface area contributed by atoms with Crippen molar-refractivity contribution < 1.29 is 4.74 Å². The second-order valence-electron chi connectivity index (χ2n) is 4.83. The molecule has 1 unspecified atom stereocenters. The van der Waals surface area contributed by atoms with E-state index in [2.05, 4.69) is 17.4 Å². The standard InChI is InChI=1S/C15H22N4O/c1-4-9-20-13-7-5-12(6-8-13)15(18-16)14-10-17-19(3)11(14)2/h5-8,10,15,18H,4,9,16H2,1-3H3. The minimum Gasteiger partial charge on any atom is -0.494 e. The molecule has 0 aliphatic rings. The van der Waals surface area contributed by atoms with Crippen molar-refractivity contribution in [2.24, 2.45) is 12.9 Å². The minimum absolute atomic E-state index is 0.0658. The van der Waals surface area contributed by atoms with Gasteiger partial charge in [0.2, 0.25) is 0 Å². The summed E-state index contributed by atoms with van der Waals surface area (Å²) in [7, 11) is 1.92. The number of ether oxygens (including phenoxy) is 1. The summed E-state index contributed by atoms with van der Waals surface area (Å²) in [4.78, 5) is 0. The van der Waals surface area contributed by atoms with Crippen LogP contribution < -0.4 is 16.0 Å². The van der Waals surface area contributed by atoms with Gasteiger partial charge in [-0.3, -0.25) is 10.5 Å². The van der Waals surface area contributed by atoms with E-state index in [1.807, 2.05) is 49.1 Å². The Balaban J connectivity index is 2.21. The SMILES string of the molecule is CCCOc1ccc(C(NN)c2cnn(C)c2C)cc1. The zero-order valence-electron chi connectivity index (χ0n) is 12.3. The Bertz CT molecular complexity index is 548. The number of nitrogens with one attached hydrogen (secondary N) is 1. The highest BCUT2D eigenvalue weighted by Gasteiger charge is 2.17. The highest BCUT2D eigenvalue weighted by Crippen LogP contribution is 2.25. The minimum atomic E-state index is -0.0658. The molecular formula is C15H22N4O. The number of hydrogen-bond acceptors (Lipinski definition) is 4. The maximum absolute atomic E-state index is 5.71. The van der Waals surface area contributed by atoms with Crippen molar-refractivity contribution >= 4 is 0 Å². The molecule has 1 atom stereocenters. The summed E-state index contributed by atoms with van der Waals surface area (Å²) in [6.07, 6.45) is 2.85. The first-order valence-electron chi connectivity index (χ1n) is 6.84. The molecule has 0 fully saturated rings. The summed E-state index contributed by atoms with van der Waals surface area (Å²) >= 11 is 0. The van der Waals surface area contributed by atoms with Crippen LogP contribution in [0.2, 0.25) is 0 Å². The van der Waals surface area contributed by atoms with Crippen molar-refractivity contribution in [3.63, 3.8) is 0 Å². The quantitative estimate of drug-likeness (QED) is 0.625. The maximum atomic E-state index is 5.71. The van der Waals surface area contributed by atoms with Crippen LogP contribution in [0.5, 0.6) is 5.75 Å². The van der Waals surface area contributed by atoms with E-state index < -0.39 is 0 Å². The van der Waals surface area contributed by atoms with Crippen LogP contribution in [0.1, 0.15) is 36.2 Å². The molecule has 0 bridgehead atoms. The molecule has 2 rings (SSSR count). The molecule has 0 radical (unpaired) electrons. The Morgan fingerprint density at radius 2 is 2.05 bits per heavy atom. The van der Waals surface area contributed by atoms with Gasteiger partial charge in [-0.15, -0.1) is 0 Å². The van der Waals surface area contributed by atoms with E-state index >= 15 is 0 Å². The summed E-state index contributed by atoms with van der Waals surface area (Å²) in [5, 5.41) is 4.27. The lowest BCUT2D eigenvalue weighted by atomic mass is 10.00. The monoisotopic (exact) mass is 274 g/mol. The van der Waals surface area contributed by atoms with E-state index in [0.717, 1.165) is 35.6 Å². The molecule has 0 saturated heterocycles. The molecule has 0 aliphatic carbocycles. The third kappa shape index (κ3) is 3.00. The number of hydrazine groups is 1. The van der Waals surface area contributed by atoms with Gasteiger partial charge in [-0.05, 0) is 31.0 Å². The summed E-state index contributed by atoms with van der Waals surface area (Å²) < 4.78 is 7.43. The first-order valence-corrected chi connectivity index (χ1v) is 6.84. The molecule has 0 spiro atoms. The second kappa shape index (κ2) is 6.54. The second-order valence-corrected chi connectivity index (χ2v) is 4.83. The van der Waals surface area contributed by atoms with Gasteiger partial charge in [0.1, 0.15) is 5.75 Å². The number of nitrogens with two attached hydrogens (primary N) is 1. The van der Waals surface area contributed by atoms with Gasteiger partial charge >= 0.3 is 0 Å². The third-order valence-corrected chi connectivity index (χ3v) is 3.44. The first kappa shape index (κ1) is 14.6. The summed E-state index contributed by atoms with van der Waals surface area (Å²) in [5.74, 6) is 6.60. The zero-order chi connectivity index (χ0) is 14.5. The van der Waals surface area contributed by atoms with Crippen LogP contribution in [0.25, 0.3) is 0 Å². The largest absolute Gasteiger partial charge is 0.494 e. The fourth-order valence-corrected chi connectivity index (χ4v) is 2.14.